The van der Waals surface area contributed by atoms with Crippen LogP contribution in [0.2, 0.25) is 0 Å². The average molecular weight is 194 g/mol. The van der Waals surface area contributed by atoms with Crippen LogP contribution in [0.25, 0.3) is 0 Å². The molecule has 0 heterocycles. The van der Waals surface area contributed by atoms with Gasteiger partial charge in [-0.3, -0.25) is 0 Å². The molecule has 0 spiro atoms. The number of nitriles is 1. The third-order valence-corrected chi connectivity index (χ3v) is 1.92. The van der Waals surface area contributed by atoms with Crippen molar-refractivity contribution in [2.45, 2.75) is 6.04 Å². The normalized spacial score (nSPS) is 11.9. The molecule has 0 fully saturated rings. The molecule has 3 nitrogen and oxygen atoms in total. The number of benzene rings is 1. The summed E-state index contributed by atoms with van der Waals surface area (Å²) in [6.07, 6.45) is 0. The molecule has 0 radical (unpaired) electrons. The number of nitrogens with one attached hydrogen (secondary N) is 1. The number of hydrogen-bond donors (Lipinski definition) is 1. The van der Waals surface area contributed by atoms with E-state index < -0.39 is 6.04 Å². The smallest absolute Gasteiger partial charge is 0.124 e. The number of ether oxygens (including phenoxy) is 1. The number of halogens is 1. The molecule has 0 bridgehead atoms. The first-order valence-corrected chi connectivity index (χ1v) is 4.13. The van der Waals surface area contributed by atoms with Crippen molar-refractivity contribution in [2.24, 2.45) is 0 Å². The second kappa shape index (κ2) is 4.58. The summed E-state index contributed by atoms with van der Waals surface area (Å²) in [7, 11) is 3.12. The Morgan fingerprint density at radius 2 is 2.29 bits per heavy atom. The summed E-state index contributed by atoms with van der Waals surface area (Å²) in [4.78, 5) is 0. The van der Waals surface area contributed by atoms with Gasteiger partial charge in [-0.1, -0.05) is 0 Å². The van der Waals surface area contributed by atoms with Crippen molar-refractivity contribution >= 4 is 0 Å². The molecule has 1 aromatic rings. The van der Waals surface area contributed by atoms with Gasteiger partial charge in [0.05, 0.1) is 13.2 Å². The summed E-state index contributed by atoms with van der Waals surface area (Å²) in [5.41, 5.74) is 0.512. The van der Waals surface area contributed by atoms with Gasteiger partial charge in [-0.2, -0.15) is 5.26 Å². The zero-order valence-electron chi connectivity index (χ0n) is 8.04. The predicted molar refractivity (Wildman–Crippen MR) is 50.4 cm³/mol. The monoisotopic (exact) mass is 194 g/mol. The van der Waals surface area contributed by atoms with E-state index in [1.165, 1.54) is 25.3 Å². The Labute approximate surface area is 82.1 Å². The summed E-state index contributed by atoms with van der Waals surface area (Å²) in [5.74, 6) is 0.128. The predicted octanol–water partition coefficient (Wildman–Crippen LogP) is 1.62. The Bertz CT molecular complexity index is 360. The van der Waals surface area contributed by atoms with Crippen molar-refractivity contribution in [2.75, 3.05) is 14.2 Å². The molecule has 1 N–H and O–H groups in total. The van der Waals surface area contributed by atoms with Crippen LogP contribution >= 0.6 is 0 Å². The first-order valence-electron chi connectivity index (χ1n) is 4.13. The van der Waals surface area contributed by atoms with E-state index in [0.717, 1.165) is 0 Å². The average Bonchev–Trinajstić information content (AvgIpc) is 2.20. The first-order chi connectivity index (χ1) is 6.72. The molecule has 1 rings (SSSR count). The van der Waals surface area contributed by atoms with Crippen molar-refractivity contribution in [1.82, 2.24) is 5.32 Å². The van der Waals surface area contributed by atoms with Crippen LogP contribution in [-0.4, -0.2) is 14.2 Å². The fourth-order valence-electron chi connectivity index (χ4n) is 1.22. The van der Waals surface area contributed by atoms with E-state index >= 15 is 0 Å². The van der Waals surface area contributed by atoms with Gasteiger partial charge in [0.15, 0.2) is 0 Å². The molecule has 1 atom stereocenters. The zero-order chi connectivity index (χ0) is 10.6. The minimum absolute atomic E-state index is 0.378. The molecule has 0 saturated carbocycles. The fraction of sp³-hybridized carbons (Fsp3) is 0.300. The number of rotatable bonds is 3. The highest BCUT2D eigenvalue weighted by molar-refractivity contribution is 5.39. The van der Waals surface area contributed by atoms with Crippen LogP contribution in [0.15, 0.2) is 18.2 Å². The van der Waals surface area contributed by atoms with E-state index in [0.29, 0.717) is 11.3 Å². The summed E-state index contributed by atoms with van der Waals surface area (Å²) in [6, 6.07) is 5.56. The molecule has 0 saturated heterocycles. The lowest BCUT2D eigenvalue weighted by Gasteiger charge is -2.12. The van der Waals surface area contributed by atoms with E-state index in [1.807, 2.05) is 6.07 Å². The maximum Gasteiger partial charge on any atom is 0.124 e. The van der Waals surface area contributed by atoms with Crippen molar-refractivity contribution in [1.29, 1.82) is 5.26 Å². The van der Waals surface area contributed by atoms with Gasteiger partial charge in [0.1, 0.15) is 17.6 Å². The topological polar surface area (TPSA) is 45.0 Å². The van der Waals surface area contributed by atoms with Crippen LogP contribution in [0.1, 0.15) is 11.6 Å². The lowest BCUT2D eigenvalue weighted by Crippen LogP contribution is -2.15. The highest BCUT2D eigenvalue weighted by Crippen LogP contribution is 2.25. The molecule has 1 unspecified atom stereocenters. The molecule has 4 heteroatoms. The molecule has 74 valence electrons. The van der Waals surface area contributed by atoms with Gasteiger partial charge in [0.2, 0.25) is 0 Å². The summed E-state index contributed by atoms with van der Waals surface area (Å²) >= 11 is 0. The van der Waals surface area contributed by atoms with Crippen molar-refractivity contribution in [3.8, 4) is 11.8 Å². The summed E-state index contributed by atoms with van der Waals surface area (Å²) in [5, 5.41) is 11.6. The molecule has 0 aliphatic carbocycles. The quantitative estimate of drug-likeness (QED) is 0.795. The van der Waals surface area contributed by atoms with Gasteiger partial charge in [-0.15, -0.1) is 0 Å². The van der Waals surface area contributed by atoms with Gasteiger partial charge in [-0.25, -0.2) is 4.39 Å². The Hall–Kier alpha value is -1.60. The number of hydrogen-bond acceptors (Lipinski definition) is 3. The van der Waals surface area contributed by atoms with Crippen molar-refractivity contribution in [3.05, 3.63) is 29.6 Å². The number of methoxy groups -OCH3 is 1. The molecule has 0 amide bonds. The Kier molecular flexibility index (Phi) is 3.43. The van der Waals surface area contributed by atoms with Crippen molar-refractivity contribution < 1.29 is 9.13 Å². The van der Waals surface area contributed by atoms with Crippen LogP contribution in [-0.2, 0) is 0 Å². The fourth-order valence-corrected chi connectivity index (χ4v) is 1.22. The summed E-state index contributed by atoms with van der Waals surface area (Å²) in [6.45, 7) is 0. The van der Waals surface area contributed by atoms with Gasteiger partial charge in [-0.05, 0) is 25.2 Å². The van der Waals surface area contributed by atoms with Crippen LogP contribution in [0.4, 0.5) is 4.39 Å². The van der Waals surface area contributed by atoms with E-state index in [1.54, 1.807) is 7.05 Å². The minimum Gasteiger partial charge on any atom is -0.496 e. The van der Waals surface area contributed by atoms with Gasteiger partial charge in [0, 0.05) is 5.56 Å². The van der Waals surface area contributed by atoms with E-state index in [9.17, 15) is 4.39 Å². The SMILES string of the molecule is CNC(C#N)c1cc(F)ccc1OC. The van der Waals surface area contributed by atoms with Gasteiger partial charge in [0.25, 0.3) is 0 Å². The molecule has 0 aromatic heterocycles. The highest BCUT2D eigenvalue weighted by Gasteiger charge is 2.14. The zero-order valence-corrected chi connectivity index (χ0v) is 8.04. The Morgan fingerprint density at radius 1 is 1.57 bits per heavy atom. The molecule has 0 aliphatic rings. The van der Waals surface area contributed by atoms with Gasteiger partial charge < -0.3 is 10.1 Å². The lowest BCUT2D eigenvalue weighted by atomic mass is 10.1. The summed E-state index contributed by atoms with van der Waals surface area (Å²) < 4.78 is 18.0. The Balaban J connectivity index is 3.16. The highest BCUT2D eigenvalue weighted by atomic mass is 19.1. The van der Waals surface area contributed by atoms with Crippen LogP contribution in [0, 0.1) is 17.1 Å². The third kappa shape index (κ3) is 2.01. The Morgan fingerprint density at radius 3 is 2.79 bits per heavy atom. The maximum absolute atomic E-state index is 12.9. The minimum atomic E-state index is -0.555. The maximum atomic E-state index is 12.9. The number of nitrogens with zero attached hydrogens (tertiary/aromatic N) is 1. The van der Waals surface area contributed by atoms with E-state index in [4.69, 9.17) is 10.00 Å². The molecular weight excluding hydrogens is 183 g/mol. The van der Waals surface area contributed by atoms with E-state index in [-0.39, 0.29) is 5.82 Å². The van der Waals surface area contributed by atoms with Crippen LogP contribution < -0.4 is 10.1 Å². The van der Waals surface area contributed by atoms with Gasteiger partial charge >= 0.3 is 0 Å². The second-order valence-corrected chi connectivity index (χ2v) is 2.74. The first kappa shape index (κ1) is 10.5. The molecule has 0 aliphatic heterocycles. The molecular formula is C10H11FN2O. The molecule has 14 heavy (non-hydrogen) atoms. The standard InChI is InChI=1S/C10H11FN2O/c1-13-9(6-12)8-5-7(11)3-4-10(8)14-2/h3-5,9,13H,1-2H3. The molecule has 1 aromatic carbocycles. The lowest BCUT2D eigenvalue weighted by molar-refractivity contribution is 0.405. The second-order valence-electron chi connectivity index (χ2n) is 2.74. The van der Waals surface area contributed by atoms with E-state index in [2.05, 4.69) is 5.32 Å². The third-order valence-electron chi connectivity index (χ3n) is 1.92. The van der Waals surface area contributed by atoms with Crippen molar-refractivity contribution in [3.63, 3.8) is 0 Å². The largest absolute Gasteiger partial charge is 0.496 e. The van der Waals surface area contributed by atoms with Crippen LogP contribution in [0.3, 0.4) is 0 Å². The van der Waals surface area contributed by atoms with Crippen LogP contribution in [0.5, 0.6) is 5.75 Å².